The molecule has 2 aliphatic carbocycles. The van der Waals surface area contributed by atoms with E-state index in [9.17, 15) is 14.9 Å². The summed E-state index contributed by atoms with van der Waals surface area (Å²) >= 11 is 0. The van der Waals surface area contributed by atoms with Crippen LogP contribution in [0.4, 0.5) is 5.69 Å². The molecule has 164 valence electrons. The summed E-state index contributed by atoms with van der Waals surface area (Å²) in [6.45, 7) is 6.97. The lowest BCUT2D eigenvalue weighted by molar-refractivity contribution is -0.384. The molecule has 5 rings (SSSR count). The molecule has 1 amide bonds. The summed E-state index contributed by atoms with van der Waals surface area (Å²) in [5.41, 5.74) is 2.17. The number of nitrogens with zero attached hydrogens (tertiary/aromatic N) is 4. The van der Waals surface area contributed by atoms with Gasteiger partial charge in [-0.1, -0.05) is 51.1 Å². The van der Waals surface area contributed by atoms with E-state index in [1.165, 1.54) is 12.1 Å². The van der Waals surface area contributed by atoms with Crippen molar-refractivity contribution < 1.29 is 9.72 Å². The molecule has 1 fully saturated rings. The lowest BCUT2D eigenvalue weighted by Gasteiger charge is -2.41. The molecule has 1 aromatic heterocycles. The molecule has 0 N–H and O–H groups in total. The van der Waals surface area contributed by atoms with Crippen LogP contribution >= 0.6 is 0 Å². The fourth-order valence-corrected chi connectivity index (χ4v) is 5.93. The maximum absolute atomic E-state index is 14.1. The number of benzene rings is 2. The van der Waals surface area contributed by atoms with Crippen molar-refractivity contribution in [3.8, 4) is 0 Å². The maximum atomic E-state index is 14.1. The van der Waals surface area contributed by atoms with E-state index in [0.29, 0.717) is 29.7 Å². The zero-order valence-electron chi connectivity index (χ0n) is 18.8. The lowest BCUT2D eigenvalue weighted by Crippen LogP contribution is -2.51. The Balaban J connectivity index is 1.67. The maximum Gasteiger partial charge on any atom is 0.271 e. The highest BCUT2D eigenvalue weighted by molar-refractivity contribution is 5.93. The highest BCUT2D eigenvalue weighted by Gasteiger charge is 2.73. The zero-order chi connectivity index (χ0) is 22.9. The standard InChI is InChI=1S/C25H26N4O3/c1-23(2)24(3)12-13-25(23,22(30)28(4)15-16-8-6-5-7-9-16)21-20(24)26-18-11-10-17(29(31)32)14-19(18)27-21/h5-11,14H,12-13,15H2,1-4H3. The fraction of sp³-hybridized carbons (Fsp3) is 0.400. The number of carbonyl (C=O) groups is 1. The average Bonchev–Trinajstić information content (AvgIpc) is 3.07. The van der Waals surface area contributed by atoms with Crippen molar-refractivity contribution >= 4 is 22.6 Å². The second kappa shape index (κ2) is 6.58. The van der Waals surface area contributed by atoms with E-state index in [0.717, 1.165) is 17.7 Å². The van der Waals surface area contributed by atoms with Crippen molar-refractivity contribution in [2.75, 3.05) is 7.05 Å². The van der Waals surface area contributed by atoms with Gasteiger partial charge in [-0.3, -0.25) is 14.9 Å². The van der Waals surface area contributed by atoms with Crippen LogP contribution in [-0.4, -0.2) is 32.7 Å². The van der Waals surface area contributed by atoms with Crippen LogP contribution in [0, 0.1) is 15.5 Å². The Morgan fingerprint density at radius 1 is 1.03 bits per heavy atom. The summed E-state index contributed by atoms with van der Waals surface area (Å²) in [4.78, 5) is 36.6. The molecule has 2 aromatic carbocycles. The van der Waals surface area contributed by atoms with E-state index in [1.807, 2.05) is 37.4 Å². The second-order valence-electron chi connectivity index (χ2n) is 9.86. The van der Waals surface area contributed by atoms with Gasteiger partial charge in [0.2, 0.25) is 5.91 Å². The van der Waals surface area contributed by atoms with Gasteiger partial charge in [0, 0.05) is 31.1 Å². The van der Waals surface area contributed by atoms with Crippen LogP contribution in [0.2, 0.25) is 0 Å². The number of likely N-dealkylation sites (N-methyl/N-ethyl adjacent to an activating group) is 1. The van der Waals surface area contributed by atoms with Crippen molar-refractivity contribution in [2.45, 2.75) is 51.0 Å². The topological polar surface area (TPSA) is 89.2 Å². The fourth-order valence-electron chi connectivity index (χ4n) is 5.93. The van der Waals surface area contributed by atoms with Gasteiger partial charge in [0.05, 0.1) is 32.8 Å². The number of hydrogen-bond acceptors (Lipinski definition) is 5. The first-order chi connectivity index (χ1) is 15.1. The van der Waals surface area contributed by atoms with E-state index in [2.05, 4.69) is 20.8 Å². The van der Waals surface area contributed by atoms with Gasteiger partial charge in [0.1, 0.15) is 0 Å². The van der Waals surface area contributed by atoms with Crippen LogP contribution < -0.4 is 0 Å². The third-order valence-corrected chi connectivity index (χ3v) is 8.21. The molecule has 2 atom stereocenters. The van der Waals surface area contributed by atoms with Crippen molar-refractivity contribution in [1.82, 2.24) is 14.9 Å². The molecule has 0 aliphatic heterocycles. The average molecular weight is 431 g/mol. The monoisotopic (exact) mass is 430 g/mol. The van der Waals surface area contributed by atoms with Crippen LogP contribution in [0.15, 0.2) is 48.5 Å². The van der Waals surface area contributed by atoms with Crippen LogP contribution in [-0.2, 0) is 22.2 Å². The van der Waals surface area contributed by atoms with E-state index in [4.69, 9.17) is 9.97 Å². The van der Waals surface area contributed by atoms with Crippen molar-refractivity contribution in [3.05, 3.63) is 75.6 Å². The number of rotatable bonds is 4. The second-order valence-corrected chi connectivity index (χ2v) is 9.86. The van der Waals surface area contributed by atoms with Crippen LogP contribution in [0.25, 0.3) is 11.0 Å². The lowest BCUT2D eigenvalue weighted by atomic mass is 9.63. The Morgan fingerprint density at radius 2 is 1.72 bits per heavy atom. The summed E-state index contributed by atoms with van der Waals surface area (Å²) in [6, 6.07) is 14.5. The van der Waals surface area contributed by atoms with E-state index in [-0.39, 0.29) is 17.0 Å². The van der Waals surface area contributed by atoms with Gasteiger partial charge >= 0.3 is 0 Å². The number of nitro groups is 1. The van der Waals surface area contributed by atoms with E-state index < -0.39 is 15.8 Å². The molecule has 7 heteroatoms. The molecule has 0 saturated heterocycles. The van der Waals surface area contributed by atoms with Gasteiger partial charge in [0.25, 0.3) is 5.69 Å². The molecule has 1 heterocycles. The molecule has 2 unspecified atom stereocenters. The predicted molar refractivity (Wildman–Crippen MR) is 121 cm³/mol. The minimum atomic E-state index is -0.813. The van der Waals surface area contributed by atoms with E-state index >= 15 is 0 Å². The molecule has 1 saturated carbocycles. The van der Waals surface area contributed by atoms with Crippen LogP contribution in [0.1, 0.15) is 50.6 Å². The first-order valence-electron chi connectivity index (χ1n) is 10.9. The Bertz CT molecular complexity index is 1270. The van der Waals surface area contributed by atoms with Crippen molar-refractivity contribution in [2.24, 2.45) is 5.41 Å². The highest BCUT2D eigenvalue weighted by atomic mass is 16.6. The molecular weight excluding hydrogens is 404 g/mol. The van der Waals surface area contributed by atoms with Gasteiger partial charge in [-0.2, -0.15) is 0 Å². The van der Waals surface area contributed by atoms with Gasteiger partial charge in [-0.05, 0) is 29.9 Å². The number of amides is 1. The normalized spacial score (nSPS) is 25.0. The van der Waals surface area contributed by atoms with Crippen molar-refractivity contribution in [3.63, 3.8) is 0 Å². The molecule has 32 heavy (non-hydrogen) atoms. The molecule has 3 aromatic rings. The van der Waals surface area contributed by atoms with Gasteiger partial charge in [-0.15, -0.1) is 0 Å². The molecule has 2 bridgehead atoms. The van der Waals surface area contributed by atoms with Crippen LogP contribution in [0.5, 0.6) is 0 Å². The molecule has 0 spiro atoms. The van der Waals surface area contributed by atoms with E-state index in [1.54, 1.807) is 11.0 Å². The smallest absolute Gasteiger partial charge is 0.271 e. The summed E-state index contributed by atoms with van der Waals surface area (Å²) in [7, 11) is 1.84. The number of aromatic nitrogens is 2. The number of carbonyl (C=O) groups excluding carboxylic acids is 1. The number of nitro benzene ring substituents is 1. The molecule has 7 nitrogen and oxygen atoms in total. The van der Waals surface area contributed by atoms with Gasteiger partial charge in [0.15, 0.2) is 0 Å². The first-order valence-corrected chi connectivity index (χ1v) is 10.9. The Hall–Kier alpha value is -3.35. The summed E-state index contributed by atoms with van der Waals surface area (Å²) in [5, 5.41) is 11.3. The minimum absolute atomic E-state index is 0.0260. The quantitative estimate of drug-likeness (QED) is 0.448. The molecule has 2 aliphatic rings. The van der Waals surface area contributed by atoms with Crippen LogP contribution in [0.3, 0.4) is 0 Å². The predicted octanol–water partition coefficient (Wildman–Crippen LogP) is 4.53. The minimum Gasteiger partial charge on any atom is -0.341 e. The Morgan fingerprint density at radius 3 is 2.41 bits per heavy atom. The Kier molecular flexibility index (Phi) is 4.22. The summed E-state index contributed by atoms with van der Waals surface area (Å²) in [5.74, 6) is 0.0351. The zero-order valence-corrected chi connectivity index (χ0v) is 18.8. The van der Waals surface area contributed by atoms with Crippen molar-refractivity contribution in [1.29, 1.82) is 0 Å². The summed E-state index contributed by atoms with van der Waals surface area (Å²) < 4.78 is 0. The molecular formula is C25H26N4O3. The SMILES string of the molecule is CN(Cc1ccccc1)C(=O)C12CCC(C)(c3nc4ccc([N+](=O)[O-])cc4nc31)C2(C)C. The third-order valence-electron chi connectivity index (χ3n) is 8.21. The number of non-ortho nitro benzene ring substituents is 1. The van der Waals surface area contributed by atoms with Gasteiger partial charge < -0.3 is 4.90 Å². The summed E-state index contributed by atoms with van der Waals surface area (Å²) in [6.07, 6.45) is 1.54. The third kappa shape index (κ3) is 2.45. The number of fused-ring (bicyclic) bond motifs is 6. The van der Waals surface area contributed by atoms with Gasteiger partial charge in [-0.25, -0.2) is 9.97 Å². The largest absolute Gasteiger partial charge is 0.341 e. The Labute approximate surface area is 186 Å². The molecule has 0 radical (unpaired) electrons. The first kappa shape index (κ1) is 20.5. The highest BCUT2D eigenvalue weighted by Crippen LogP contribution is 2.70. The number of hydrogen-bond donors (Lipinski definition) is 0.